The molecule has 1 heterocycles. The van der Waals surface area contributed by atoms with E-state index in [0.29, 0.717) is 0 Å². The molecular weight excluding hydrogens is 507 g/mol. The van der Waals surface area contributed by atoms with Crippen LogP contribution in [0.1, 0.15) is 42.5 Å². The van der Waals surface area contributed by atoms with Crippen molar-refractivity contribution in [1.29, 1.82) is 0 Å². The third kappa shape index (κ3) is 4.30. The highest BCUT2D eigenvalue weighted by molar-refractivity contribution is 7.37. The number of fused-ring (bicyclic) bond motifs is 7. The van der Waals surface area contributed by atoms with Crippen molar-refractivity contribution < 1.29 is 8.39 Å². The van der Waals surface area contributed by atoms with Gasteiger partial charge >= 0.3 is 0 Å². The summed E-state index contributed by atoms with van der Waals surface area (Å²) in [7, 11) is -1.37. The van der Waals surface area contributed by atoms with Crippen LogP contribution in [0.3, 0.4) is 0 Å². The second kappa shape index (κ2) is 10.4. The molecule has 7 aromatic rings. The maximum Gasteiger partial charge on any atom is 0.221 e. The van der Waals surface area contributed by atoms with Crippen LogP contribution in [0.25, 0.3) is 43.5 Å². The maximum atomic E-state index is 7.09. The lowest BCUT2D eigenvalue weighted by Gasteiger charge is -2.28. The van der Waals surface area contributed by atoms with E-state index in [0.717, 1.165) is 21.9 Å². The van der Waals surface area contributed by atoms with Gasteiger partial charge in [-0.1, -0.05) is 135 Å². The van der Waals surface area contributed by atoms with E-state index in [1.165, 1.54) is 32.7 Å². The fourth-order valence-electron chi connectivity index (χ4n) is 6.21. The number of benzene rings is 6. The van der Waals surface area contributed by atoms with E-state index in [2.05, 4.69) is 147 Å². The van der Waals surface area contributed by atoms with Crippen molar-refractivity contribution in [2.45, 2.75) is 31.3 Å². The highest BCUT2D eigenvalue weighted by Crippen LogP contribution is 2.56. The Morgan fingerprint density at radius 1 is 0.450 bits per heavy atom. The van der Waals surface area contributed by atoms with Gasteiger partial charge in [-0.15, -0.1) is 0 Å². The van der Waals surface area contributed by atoms with Gasteiger partial charge in [0.15, 0.2) is 0 Å². The Balaban J connectivity index is 1.60. The SMILES string of the molecule is C[C@H](c1ccccc1)C([C@@H](C)c1ccccc1)p1oc2ccc3ccccc3c2c2c(ccc3ccccc32)o1. The second-order valence-electron chi connectivity index (χ2n) is 10.7. The van der Waals surface area contributed by atoms with Crippen LogP contribution in [0, 0.1) is 0 Å². The van der Waals surface area contributed by atoms with Crippen LogP contribution >= 0.6 is 8.01 Å². The van der Waals surface area contributed by atoms with Gasteiger partial charge in [0.1, 0.15) is 11.2 Å². The van der Waals surface area contributed by atoms with Gasteiger partial charge < -0.3 is 8.39 Å². The predicted molar refractivity (Wildman–Crippen MR) is 170 cm³/mol. The third-order valence-corrected chi connectivity index (χ3v) is 10.5. The van der Waals surface area contributed by atoms with Gasteiger partial charge in [-0.3, -0.25) is 0 Å². The van der Waals surface area contributed by atoms with Crippen LogP contribution in [-0.2, 0) is 0 Å². The summed E-state index contributed by atoms with van der Waals surface area (Å²) < 4.78 is 14.2. The Kier molecular flexibility index (Phi) is 6.42. The molecule has 6 aromatic carbocycles. The van der Waals surface area contributed by atoms with E-state index in [4.69, 9.17) is 8.39 Å². The van der Waals surface area contributed by atoms with Gasteiger partial charge in [-0.2, -0.15) is 0 Å². The lowest BCUT2D eigenvalue weighted by atomic mass is 9.86. The minimum absolute atomic E-state index is 0.108. The summed E-state index contributed by atoms with van der Waals surface area (Å²) in [6, 6.07) is 47.4. The smallest absolute Gasteiger partial charge is 0.221 e. The molecule has 0 spiro atoms. The highest BCUT2D eigenvalue weighted by atomic mass is 31.1. The number of hydrogen-bond acceptors (Lipinski definition) is 2. The number of rotatable bonds is 5. The summed E-state index contributed by atoms with van der Waals surface area (Å²) in [5.74, 6) is 0.432. The lowest BCUT2D eigenvalue weighted by molar-refractivity contribution is 0.513. The first-order chi connectivity index (χ1) is 19.7. The Hall–Kier alpha value is -4.26. The predicted octanol–water partition coefficient (Wildman–Crippen LogP) is 11.7. The molecule has 0 N–H and O–H groups in total. The van der Waals surface area contributed by atoms with Crippen molar-refractivity contribution in [3.8, 4) is 0 Å². The lowest BCUT2D eigenvalue weighted by Crippen LogP contribution is -2.10. The van der Waals surface area contributed by atoms with Crippen LogP contribution in [0.2, 0.25) is 0 Å². The summed E-state index contributed by atoms with van der Waals surface area (Å²) in [6.07, 6.45) is 0. The molecule has 0 saturated heterocycles. The molecule has 0 bridgehead atoms. The molecule has 196 valence electrons. The molecule has 1 aromatic heterocycles. The van der Waals surface area contributed by atoms with Crippen molar-refractivity contribution >= 4 is 51.5 Å². The molecule has 2 nitrogen and oxygen atoms in total. The Morgan fingerprint density at radius 2 is 0.850 bits per heavy atom. The van der Waals surface area contributed by atoms with Gasteiger partial charge in [0.2, 0.25) is 8.01 Å². The van der Waals surface area contributed by atoms with Crippen molar-refractivity contribution in [2.24, 2.45) is 0 Å². The Bertz CT molecular complexity index is 1850. The Labute approximate surface area is 235 Å². The first kappa shape index (κ1) is 24.8. The molecule has 1 unspecified atom stereocenters. The van der Waals surface area contributed by atoms with Gasteiger partial charge in [-0.25, -0.2) is 0 Å². The zero-order valence-corrected chi connectivity index (χ0v) is 23.6. The third-order valence-electron chi connectivity index (χ3n) is 8.33. The van der Waals surface area contributed by atoms with E-state index in [1.54, 1.807) is 0 Å². The monoisotopic (exact) mass is 538 g/mol. The van der Waals surface area contributed by atoms with Crippen LogP contribution in [0.5, 0.6) is 0 Å². The Morgan fingerprint density at radius 3 is 1.30 bits per heavy atom. The highest BCUT2D eigenvalue weighted by Gasteiger charge is 2.32. The average Bonchev–Trinajstić information content (AvgIpc) is 3.19. The molecule has 0 radical (unpaired) electrons. The summed E-state index contributed by atoms with van der Waals surface area (Å²) in [4.78, 5) is 0. The van der Waals surface area contributed by atoms with Crippen molar-refractivity contribution in [3.63, 3.8) is 0 Å². The molecule has 0 aliphatic heterocycles. The van der Waals surface area contributed by atoms with Crippen molar-refractivity contribution in [2.75, 3.05) is 0 Å². The summed E-state index contributed by atoms with van der Waals surface area (Å²) >= 11 is 0. The summed E-state index contributed by atoms with van der Waals surface area (Å²) in [5, 5.41) is 6.99. The molecule has 3 heteroatoms. The van der Waals surface area contributed by atoms with Crippen LogP contribution < -0.4 is 0 Å². The van der Waals surface area contributed by atoms with Crippen LogP contribution in [-0.4, -0.2) is 0 Å². The standard InChI is InChI=1S/C37H31O2P/c1-25(27-13-5-3-6-14-27)37(26(2)28-15-7-4-8-16-28)40-38-33-23-21-29-17-9-11-19-31(29)35(33)36-32-20-12-10-18-30(32)22-24-34(36)39-40/h3-26,37H,1-2H3/t25-,26+,37?. The van der Waals surface area contributed by atoms with Crippen molar-refractivity contribution in [3.05, 3.63) is 145 Å². The summed E-state index contributed by atoms with van der Waals surface area (Å²) in [6.45, 7) is 4.64. The zero-order valence-electron chi connectivity index (χ0n) is 22.7. The van der Waals surface area contributed by atoms with Gasteiger partial charge in [-0.05, 0) is 56.6 Å². The molecular formula is C37H31O2P. The van der Waals surface area contributed by atoms with Crippen molar-refractivity contribution in [1.82, 2.24) is 0 Å². The molecule has 0 aliphatic carbocycles. The topological polar surface area (TPSA) is 26.3 Å². The van der Waals surface area contributed by atoms with E-state index in [-0.39, 0.29) is 17.5 Å². The minimum Gasteiger partial charge on any atom is -0.419 e. The quantitative estimate of drug-likeness (QED) is 0.218. The normalized spacial score (nSPS) is 13.9. The minimum atomic E-state index is -1.37. The molecule has 3 atom stereocenters. The molecule has 0 saturated carbocycles. The average molecular weight is 539 g/mol. The summed E-state index contributed by atoms with van der Waals surface area (Å²) in [5.41, 5.74) is 4.49. The first-order valence-electron chi connectivity index (χ1n) is 14.0. The fourth-order valence-corrected chi connectivity index (χ4v) is 8.26. The first-order valence-corrected chi connectivity index (χ1v) is 15.2. The van der Waals surface area contributed by atoms with Crippen LogP contribution in [0.4, 0.5) is 0 Å². The molecule has 40 heavy (non-hydrogen) atoms. The number of hydrogen-bond donors (Lipinski definition) is 0. The molecule has 0 aliphatic rings. The molecule has 7 rings (SSSR count). The van der Waals surface area contributed by atoms with Gasteiger partial charge in [0.05, 0.1) is 5.66 Å². The van der Waals surface area contributed by atoms with Crippen LogP contribution in [0.15, 0.2) is 142 Å². The maximum absolute atomic E-state index is 7.09. The molecule has 0 fully saturated rings. The largest absolute Gasteiger partial charge is 0.419 e. The van der Waals surface area contributed by atoms with E-state index >= 15 is 0 Å². The molecule has 0 amide bonds. The van der Waals surface area contributed by atoms with Gasteiger partial charge in [0, 0.05) is 10.8 Å². The van der Waals surface area contributed by atoms with E-state index in [1.807, 2.05) is 0 Å². The fraction of sp³-hybridized carbons (Fsp3) is 0.135. The van der Waals surface area contributed by atoms with E-state index in [9.17, 15) is 0 Å². The second-order valence-corrected chi connectivity index (χ2v) is 12.2. The van der Waals surface area contributed by atoms with Gasteiger partial charge in [0.25, 0.3) is 0 Å². The zero-order chi connectivity index (χ0) is 27.1. The van der Waals surface area contributed by atoms with E-state index < -0.39 is 8.01 Å².